The fourth-order valence-electron chi connectivity index (χ4n) is 1.95. The van der Waals surface area contributed by atoms with Crippen molar-refractivity contribution in [2.45, 2.75) is 0 Å². The van der Waals surface area contributed by atoms with Crippen LogP contribution in [0.3, 0.4) is 0 Å². The molecule has 5 heteroatoms. The van der Waals surface area contributed by atoms with E-state index in [-0.39, 0.29) is 5.78 Å². The molecule has 104 valence electrons. The van der Waals surface area contributed by atoms with Crippen LogP contribution in [-0.2, 0) is 0 Å². The minimum Gasteiger partial charge on any atom is -0.497 e. The Balaban J connectivity index is 2.51. The lowest BCUT2D eigenvalue weighted by Gasteiger charge is -2.10. The Morgan fingerprint density at radius 3 is 2.15 bits per heavy atom. The summed E-state index contributed by atoms with van der Waals surface area (Å²) < 4.78 is 10.3. The molecule has 0 bridgehead atoms. The molecule has 0 radical (unpaired) electrons. The number of hydrogen-bond acceptors (Lipinski definition) is 5. The van der Waals surface area contributed by atoms with Crippen molar-refractivity contribution in [3.05, 3.63) is 47.5 Å². The number of carbonyl (C=O) groups excluding carboxylic acids is 1. The Morgan fingerprint density at radius 2 is 1.60 bits per heavy atom. The van der Waals surface area contributed by atoms with Gasteiger partial charge in [0.25, 0.3) is 0 Å². The van der Waals surface area contributed by atoms with Crippen LogP contribution in [0.4, 0.5) is 11.4 Å². The van der Waals surface area contributed by atoms with Crippen LogP contribution in [0.1, 0.15) is 15.9 Å². The van der Waals surface area contributed by atoms with Gasteiger partial charge in [-0.25, -0.2) is 0 Å². The Kier molecular flexibility index (Phi) is 3.79. The largest absolute Gasteiger partial charge is 0.497 e. The quantitative estimate of drug-likeness (QED) is 0.657. The van der Waals surface area contributed by atoms with E-state index in [2.05, 4.69) is 0 Å². The Hall–Kier alpha value is -2.69. The van der Waals surface area contributed by atoms with E-state index in [4.69, 9.17) is 20.9 Å². The number of ether oxygens (including phenoxy) is 2. The third-order valence-corrected chi connectivity index (χ3v) is 2.89. The first-order valence-corrected chi connectivity index (χ1v) is 5.98. The summed E-state index contributed by atoms with van der Waals surface area (Å²) in [5.41, 5.74) is 13.1. The molecule has 0 heterocycles. The van der Waals surface area contributed by atoms with E-state index in [1.54, 1.807) is 36.4 Å². The van der Waals surface area contributed by atoms with Gasteiger partial charge in [-0.1, -0.05) is 0 Å². The highest BCUT2D eigenvalue weighted by atomic mass is 16.5. The lowest BCUT2D eigenvalue weighted by molar-refractivity contribution is 0.103. The van der Waals surface area contributed by atoms with Crippen molar-refractivity contribution in [1.29, 1.82) is 0 Å². The molecule has 0 fully saturated rings. The second-order valence-corrected chi connectivity index (χ2v) is 4.28. The van der Waals surface area contributed by atoms with Gasteiger partial charge in [0.05, 0.1) is 19.8 Å². The van der Waals surface area contributed by atoms with Gasteiger partial charge in [-0.2, -0.15) is 0 Å². The molecular weight excluding hydrogens is 256 g/mol. The fraction of sp³-hybridized carbons (Fsp3) is 0.133. The van der Waals surface area contributed by atoms with E-state index in [1.165, 1.54) is 14.2 Å². The van der Waals surface area contributed by atoms with E-state index >= 15 is 0 Å². The molecule has 5 nitrogen and oxygen atoms in total. The number of methoxy groups -OCH3 is 2. The summed E-state index contributed by atoms with van der Waals surface area (Å²) in [4.78, 5) is 12.6. The molecule has 0 unspecified atom stereocenters. The first-order valence-electron chi connectivity index (χ1n) is 5.98. The third kappa shape index (κ3) is 2.66. The molecule has 0 saturated carbocycles. The molecular formula is C15H16N2O3. The molecule has 20 heavy (non-hydrogen) atoms. The Bertz CT molecular complexity index is 633. The van der Waals surface area contributed by atoms with Crippen molar-refractivity contribution in [3.63, 3.8) is 0 Å². The first kappa shape index (κ1) is 13.7. The van der Waals surface area contributed by atoms with Gasteiger partial charge in [0.15, 0.2) is 5.78 Å². The molecule has 0 saturated heterocycles. The average Bonchev–Trinajstić information content (AvgIpc) is 2.44. The molecule has 2 rings (SSSR count). The van der Waals surface area contributed by atoms with Crippen LogP contribution in [0, 0.1) is 0 Å². The number of nitrogens with two attached hydrogens (primary N) is 2. The third-order valence-electron chi connectivity index (χ3n) is 2.89. The topological polar surface area (TPSA) is 87.6 Å². The minimum absolute atomic E-state index is 0.222. The summed E-state index contributed by atoms with van der Waals surface area (Å²) in [6.45, 7) is 0. The van der Waals surface area contributed by atoms with E-state index in [9.17, 15) is 4.79 Å². The van der Waals surface area contributed by atoms with Crippen molar-refractivity contribution >= 4 is 17.2 Å². The van der Waals surface area contributed by atoms with Gasteiger partial charge in [0.1, 0.15) is 11.5 Å². The summed E-state index contributed by atoms with van der Waals surface area (Å²) in [6.07, 6.45) is 0. The number of benzene rings is 2. The summed E-state index contributed by atoms with van der Waals surface area (Å²) in [5.74, 6) is 0.822. The highest BCUT2D eigenvalue weighted by Crippen LogP contribution is 2.27. The number of rotatable bonds is 4. The second-order valence-electron chi connectivity index (χ2n) is 4.28. The van der Waals surface area contributed by atoms with Crippen LogP contribution in [0.2, 0.25) is 0 Å². The summed E-state index contributed by atoms with van der Waals surface area (Å²) in [6, 6.07) is 9.79. The smallest absolute Gasteiger partial charge is 0.197 e. The normalized spacial score (nSPS) is 10.1. The average molecular weight is 272 g/mol. The highest BCUT2D eigenvalue weighted by Gasteiger charge is 2.16. The van der Waals surface area contributed by atoms with Crippen molar-refractivity contribution in [3.8, 4) is 11.5 Å². The van der Waals surface area contributed by atoms with Gasteiger partial charge in [-0.15, -0.1) is 0 Å². The van der Waals surface area contributed by atoms with Crippen molar-refractivity contribution in [2.24, 2.45) is 0 Å². The maximum absolute atomic E-state index is 12.6. The lowest BCUT2D eigenvalue weighted by Crippen LogP contribution is -2.06. The number of hydrogen-bond donors (Lipinski definition) is 2. The maximum Gasteiger partial charge on any atom is 0.197 e. The van der Waals surface area contributed by atoms with E-state index in [0.29, 0.717) is 34.0 Å². The summed E-state index contributed by atoms with van der Waals surface area (Å²) in [7, 11) is 3.04. The van der Waals surface area contributed by atoms with Crippen molar-refractivity contribution < 1.29 is 14.3 Å². The van der Waals surface area contributed by atoms with Gasteiger partial charge in [0.2, 0.25) is 0 Å². The summed E-state index contributed by atoms with van der Waals surface area (Å²) >= 11 is 0. The van der Waals surface area contributed by atoms with Crippen molar-refractivity contribution in [2.75, 3.05) is 25.7 Å². The van der Waals surface area contributed by atoms with Gasteiger partial charge in [0, 0.05) is 16.9 Å². The molecule has 0 aliphatic rings. The number of anilines is 2. The molecule has 0 amide bonds. The monoisotopic (exact) mass is 272 g/mol. The maximum atomic E-state index is 12.6. The van der Waals surface area contributed by atoms with Crippen LogP contribution < -0.4 is 20.9 Å². The van der Waals surface area contributed by atoms with Crippen LogP contribution in [-0.4, -0.2) is 20.0 Å². The van der Waals surface area contributed by atoms with Gasteiger partial charge >= 0.3 is 0 Å². The van der Waals surface area contributed by atoms with Gasteiger partial charge < -0.3 is 20.9 Å². The fourth-order valence-corrected chi connectivity index (χ4v) is 1.95. The van der Waals surface area contributed by atoms with Gasteiger partial charge in [-0.3, -0.25) is 4.79 Å². The molecule has 0 aliphatic heterocycles. The van der Waals surface area contributed by atoms with Crippen LogP contribution in [0.25, 0.3) is 0 Å². The van der Waals surface area contributed by atoms with E-state index in [1.807, 2.05) is 0 Å². The first-order chi connectivity index (χ1) is 9.55. The zero-order valence-electron chi connectivity index (χ0n) is 11.3. The molecule has 2 aromatic carbocycles. The number of ketones is 1. The van der Waals surface area contributed by atoms with Crippen LogP contribution >= 0.6 is 0 Å². The SMILES string of the molecule is COc1ccc(OC)c(C(=O)c2cc(N)cc(N)c2)c1. The predicted molar refractivity (Wildman–Crippen MR) is 78.2 cm³/mol. The standard InChI is InChI=1S/C15H16N2O3/c1-19-12-3-4-14(20-2)13(8-12)15(18)9-5-10(16)7-11(17)6-9/h3-8H,16-17H2,1-2H3. The zero-order valence-corrected chi connectivity index (χ0v) is 11.3. The Labute approximate surface area is 117 Å². The molecule has 4 N–H and O–H groups in total. The zero-order chi connectivity index (χ0) is 14.7. The lowest BCUT2D eigenvalue weighted by atomic mass is 10.0. The molecule has 0 atom stereocenters. The second kappa shape index (κ2) is 5.52. The molecule has 0 aromatic heterocycles. The van der Waals surface area contributed by atoms with Crippen LogP contribution in [0.5, 0.6) is 11.5 Å². The predicted octanol–water partition coefficient (Wildman–Crippen LogP) is 2.10. The van der Waals surface area contributed by atoms with Gasteiger partial charge in [-0.05, 0) is 36.4 Å². The van der Waals surface area contributed by atoms with E-state index < -0.39 is 0 Å². The number of nitrogen functional groups attached to an aromatic ring is 2. The van der Waals surface area contributed by atoms with Crippen LogP contribution in [0.15, 0.2) is 36.4 Å². The molecule has 0 aliphatic carbocycles. The molecule has 2 aromatic rings. The number of carbonyl (C=O) groups is 1. The van der Waals surface area contributed by atoms with E-state index in [0.717, 1.165) is 0 Å². The Morgan fingerprint density at radius 1 is 0.950 bits per heavy atom. The minimum atomic E-state index is -0.222. The highest BCUT2D eigenvalue weighted by molar-refractivity contribution is 6.11. The van der Waals surface area contributed by atoms with Crippen molar-refractivity contribution in [1.82, 2.24) is 0 Å². The summed E-state index contributed by atoms with van der Waals surface area (Å²) in [5, 5.41) is 0. The molecule has 0 spiro atoms.